The Labute approximate surface area is 92.5 Å². The first-order chi connectivity index (χ1) is 7.84. The lowest BCUT2D eigenvalue weighted by Crippen LogP contribution is -2.24. The number of tetrazole rings is 1. The zero-order valence-electron chi connectivity index (χ0n) is 8.60. The number of para-hydroxylation sites is 1. The van der Waals surface area contributed by atoms with Crippen molar-refractivity contribution in [3.63, 3.8) is 0 Å². The summed E-state index contributed by atoms with van der Waals surface area (Å²) in [5, 5.41) is 20.6. The molecule has 1 unspecified atom stereocenters. The predicted molar refractivity (Wildman–Crippen MR) is 55.8 cm³/mol. The molecule has 1 aromatic heterocycles. The molecule has 0 bridgehead atoms. The summed E-state index contributed by atoms with van der Waals surface area (Å²) >= 11 is 0. The van der Waals surface area contributed by atoms with Crippen molar-refractivity contribution >= 4 is 0 Å². The molecule has 16 heavy (non-hydrogen) atoms. The molecular weight excluding hydrogens is 208 g/mol. The van der Waals surface area contributed by atoms with Gasteiger partial charge < -0.3 is 9.84 Å². The van der Waals surface area contributed by atoms with Crippen LogP contribution in [0.25, 0.3) is 0 Å². The maximum atomic E-state index is 9.63. The summed E-state index contributed by atoms with van der Waals surface area (Å²) < 4.78 is 5.38. The molecule has 0 amide bonds. The number of aliphatic hydroxyl groups is 1. The van der Waals surface area contributed by atoms with Crippen LogP contribution in [0.2, 0.25) is 0 Å². The van der Waals surface area contributed by atoms with Gasteiger partial charge in [0.05, 0.1) is 6.54 Å². The fourth-order valence-corrected chi connectivity index (χ4v) is 1.22. The van der Waals surface area contributed by atoms with Crippen molar-refractivity contribution in [2.24, 2.45) is 0 Å². The molecular formula is C10H12N4O2. The number of ether oxygens (including phenoxy) is 1. The van der Waals surface area contributed by atoms with Gasteiger partial charge in [0.25, 0.3) is 0 Å². The van der Waals surface area contributed by atoms with Crippen LogP contribution in [0.3, 0.4) is 0 Å². The minimum Gasteiger partial charge on any atom is -0.491 e. The summed E-state index contributed by atoms with van der Waals surface area (Å²) in [5.41, 5.74) is 0. The number of benzene rings is 1. The van der Waals surface area contributed by atoms with Crippen molar-refractivity contribution in [3.8, 4) is 5.75 Å². The lowest BCUT2D eigenvalue weighted by molar-refractivity contribution is 0.0849. The largest absolute Gasteiger partial charge is 0.491 e. The van der Waals surface area contributed by atoms with Crippen molar-refractivity contribution in [1.29, 1.82) is 0 Å². The third kappa shape index (κ3) is 3.03. The first-order valence-corrected chi connectivity index (χ1v) is 4.91. The number of rotatable bonds is 5. The van der Waals surface area contributed by atoms with E-state index in [2.05, 4.69) is 15.4 Å². The van der Waals surface area contributed by atoms with E-state index >= 15 is 0 Å². The molecule has 0 spiro atoms. The zero-order chi connectivity index (χ0) is 11.2. The lowest BCUT2D eigenvalue weighted by atomic mass is 10.3. The summed E-state index contributed by atoms with van der Waals surface area (Å²) in [6.07, 6.45) is 0.666. The van der Waals surface area contributed by atoms with E-state index in [1.807, 2.05) is 30.3 Å². The van der Waals surface area contributed by atoms with Gasteiger partial charge in [-0.1, -0.05) is 18.2 Å². The van der Waals surface area contributed by atoms with Crippen molar-refractivity contribution < 1.29 is 9.84 Å². The van der Waals surface area contributed by atoms with Crippen LogP contribution in [0.15, 0.2) is 36.7 Å². The van der Waals surface area contributed by atoms with Gasteiger partial charge in [0.1, 0.15) is 18.5 Å². The SMILES string of the molecule is OC(COc1ccccc1)Cn1ncnn1. The fourth-order valence-electron chi connectivity index (χ4n) is 1.22. The minimum absolute atomic E-state index is 0.200. The number of hydrogen-bond donors (Lipinski definition) is 1. The van der Waals surface area contributed by atoms with Gasteiger partial charge in [-0.15, -0.1) is 10.2 Å². The van der Waals surface area contributed by atoms with E-state index < -0.39 is 6.10 Å². The van der Waals surface area contributed by atoms with Crippen molar-refractivity contribution in [1.82, 2.24) is 20.2 Å². The number of hydrogen-bond acceptors (Lipinski definition) is 5. The Morgan fingerprint density at radius 3 is 2.81 bits per heavy atom. The molecule has 0 aliphatic rings. The Bertz CT molecular complexity index is 404. The van der Waals surface area contributed by atoms with Crippen LogP contribution < -0.4 is 4.74 Å². The molecule has 6 nitrogen and oxygen atoms in total. The highest BCUT2D eigenvalue weighted by Gasteiger charge is 2.07. The third-order valence-electron chi connectivity index (χ3n) is 1.95. The standard InChI is InChI=1S/C10H12N4O2/c15-9(6-14-12-8-11-13-14)7-16-10-4-2-1-3-5-10/h1-5,8-9,15H,6-7H2. The average molecular weight is 220 g/mol. The second-order valence-electron chi connectivity index (χ2n) is 3.27. The average Bonchev–Trinajstić information content (AvgIpc) is 2.81. The number of aromatic nitrogens is 4. The molecule has 2 rings (SSSR count). The molecule has 2 aromatic rings. The molecule has 0 saturated heterocycles. The summed E-state index contributed by atoms with van der Waals surface area (Å²) in [5.74, 6) is 0.730. The van der Waals surface area contributed by atoms with Gasteiger partial charge in [0.15, 0.2) is 6.33 Å². The summed E-state index contributed by atoms with van der Waals surface area (Å²) in [4.78, 5) is 1.32. The highest BCUT2D eigenvalue weighted by Crippen LogP contribution is 2.08. The van der Waals surface area contributed by atoms with E-state index in [-0.39, 0.29) is 13.2 Å². The molecule has 0 radical (unpaired) electrons. The van der Waals surface area contributed by atoms with E-state index in [1.165, 1.54) is 11.1 Å². The van der Waals surface area contributed by atoms with Crippen LogP contribution in [0, 0.1) is 0 Å². The predicted octanol–water partition coefficient (Wildman–Crippen LogP) is 0.113. The Balaban J connectivity index is 1.78. The molecule has 0 aliphatic heterocycles. The van der Waals surface area contributed by atoms with Gasteiger partial charge in [-0.25, -0.2) is 0 Å². The van der Waals surface area contributed by atoms with E-state index in [1.54, 1.807) is 0 Å². The topological polar surface area (TPSA) is 73.1 Å². The van der Waals surface area contributed by atoms with Crippen LogP contribution >= 0.6 is 0 Å². The number of aliphatic hydroxyl groups excluding tert-OH is 1. The molecule has 1 N–H and O–H groups in total. The highest BCUT2D eigenvalue weighted by molar-refractivity contribution is 5.20. The Morgan fingerprint density at radius 2 is 2.12 bits per heavy atom. The van der Waals surface area contributed by atoms with Crippen molar-refractivity contribution in [2.45, 2.75) is 12.6 Å². The van der Waals surface area contributed by atoms with Crippen LogP contribution in [-0.4, -0.2) is 38.0 Å². The van der Waals surface area contributed by atoms with Gasteiger partial charge in [-0.05, 0) is 17.3 Å². The highest BCUT2D eigenvalue weighted by atomic mass is 16.5. The van der Waals surface area contributed by atoms with Gasteiger partial charge in [-0.3, -0.25) is 0 Å². The van der Waals surface area contributed by atoms with E-state index in [9.17, 15) is 5.11 Å². The summed E-state index contributed by atoms with van der Waals surface area (Å²) in [7, 11) is 0. The van der Waals surface area contributed by atoms with Crippen LogP contribution in [0.4, 0.5) is 0 Å². The smallest absolute Gasteiger partial charge is 0.162 e. The Hall–Kier alpha value is -1.95. The second-order valence-corrected chi connectivity index (χ2v) is 3.27. The number of nitrogens with zero attached hydrogens (tertiary/aromatic N) is 4. The maximum absolute atomic E-state index is 9.63. The monoisotopic (exact) mass is 220 g/mol. The molecule has 1 heterocycles. The van der Waals surface area contributed by atoms with Gasteiger partial charge in [0, 0.05) is 0 Å². The zero-order valence-corrected chi connectivity index (χ0v) is 8.60. The normalized spacial score (nSPS) is 12.3. The van der Waals surface area contributed by atoms with E-state index in [4.69, 9.17) is 4.74 Å². The molecule has 0 saturated carbocycles. The Kier molecular flexibility index (Phi) is 3.45. The minimum atomic E-state index is -0.658. The molecule has 84 valence electrons. The van der Waals surface area contributed by atoms with E-state index in [0.717, 1.165) is 5.75 Å². The van der Waals surface area contributed by atoms with Gasteiger partial charge in [-0.2, -0.15) is 4.80 Å². The Morgan fingerprint density at radius 1 is 1.31 bits per heavy atom. The van der Waals surface area contributed by atoms with Gasteiger partial charge >= 0.3 is 0 Å². The quantitative estimate of drug-likeness (QED) is 0.774. The molecule has 0 fully saturated rings. The lowest BCUT2D eigenvalue weighted by Gasteiger charge is -2.11. The van der Waals surface area contributed by atoms with Crippen molar-refractivity contribution in [3.05, 3.63) is 36.7 Å². The van der Waals surface area contributed by atoms with Crippen LogP contribution in [-0.2, 0) is 6.54 Å². The third-order valence-corrected chi connectivity index (χ3v) is 1.95. The second kappa shape index (κ2) is 5.22. The first-order valence-electron chi connectivity index (χ1n) is 4.91. The summed E-state index contributed by atoms with van der Waals surface area (Å²) in [6, 6.07) is 9.32. The summed E-state index contributed by atoms with van der Waals surface area (Å²) in [6.45, 7) is 0.471. The van der Waals surface area contributed by atoms with Gasteiger partial charge in [0.2, 0.25) is 0 Å². The van der Waals surface area contributed by atoms with Crippen LogP contribution in [0.1, 0.15) is 0 Å². The molecule has 1 atom stereocenters. The molecule has 1 aromatic carbocycles. The fraction of sp³-hybridized carbons (Fsp3) is 0.300. The molecule has 6 heteroatoms. The molecule has 0 aliphatic carbocycles. The van der Waals surface area contributed by atoms with Crippen LogP contribution in [0.5, 0.6) is 5.75 Å². The maximum Gasteiger partial charge on any atom is 0.162 e. The first kappa shape index (κ1) is 10.6. The van der Waals surface area contributed by atoms with E-state index in [0.29, 0.717) is 0 Å². The van der Waals surface area contributed by atoms with Crippen molar-refractivity contribution in [2.75, 3.05) is 6.61 Å².